The van der Waals surface area contributed by atoms with Crippen molar-refractivity contribution in [2.24, 2.45) is 7.05 Å². The van der Waals surface area contributed by atoms with Crippen LogP contribution < -0.4 is 5.32 Å². The second-order valence-corrected chi connectivity index (χ2v) is 4.60. The average molecular weight is 305 g/mol. The first-order chi connectivity index (χ1) is 8.60. The predicted molar refractivity (Wildman–Crippen MR) is 70.0 cm³/mol. The Hall–Kier alpha value is -2.13. The quantitative estimate of drug-likeness (QED) is 0.925. The molecular weight excluding hydrogens is 296 g/mol. The second-order valence-electron chi connectivity index (χ2n) is 3.68. The number of nitriles is 1. The highest BCUT2D eigenvalue weighted by molar-refractivity contribution is 9.10. The molecule has 0 bridgehead atoms. The van der Waals surface area contributed by atoms with E-state index in [1.807, 2.05) is 6.07 Å². The molecule has 2 rings (SSSR count). The van der Waals surface area contributed by atoms with Crippen molar-refractivity contribution in [3.63, 3.8) is 0 Å². The smallest absolute Gasteiger partial charge is 0.275 e. The SMILES string of the molecule is Cn1cnc(C(=O)Nc2cc(Br)ccc2C#N)c1. The molecule has 0 fully saturated rings. The number of aromatic nitrogens is 2. The van der Waals surface area contributed by atoms with E-state index in [2.05, 4.69) is 26.2 Å². The third kappa shape index (κ3) is 2.57. The van der Waals surface area contributed by atoms with E-state index in [9.17, 15) is 4.79 Å². The predicted octanol–water partition coefficient (Wildman–Crippen LogP) is 2.31. The van der Waals surface area contributed by atoms with Crippen molar-refractivity contribution in [2.45, 2.75) is 0 Å². The average Bonchev–Trinajstić information content (AvgIpc) is 2.76. The van der Waals surface area contributed by atoms with E-state index >= 15 is 0 Å². The summed E-state index contributed by atoms with van der Waals surface area (Å²) < 4.78 is 2.47. The molecule has 18 heavy (non-hydrogen) atoms. The maximum Gasteiger partial charge on any atom is 0.275 e. The molecule has 6 heteroatoms. The van der Waals surface area contributed by atoms with Crippen molar-refractivity contribution in [1.29, 1.82) is 5.26 Å². The van der Waals surface area contributed by atoms with Crippen molar-refractivity contribution in [2.75, 3.05) is 5.32 Å². The monoisotopic (exact) mass is 304 g/mol. The van der Waals surface area contributed by atoms with Gasteiger partial charge < -0.3 is 9.88 Å². The van der Waals surface area contributed by atoms with Crippen LogP contribution in [0.25, 0.3) is 0 Å². The number of nitrogens with zero attached hydrogens (tertiary/aromatic N) is 3. The molecule has 1 N–H and O–H groups in total. The van der Waals surface area contributed by atoms with E-state index < -0.39 is 0 Å². The van der Waals surface area contributed by atoms with Gasteiger partial charge in [-0.1, -0.05) is 15.9 Å². The summed E-state index contributed by atoms with van der Waals surface area (Å²) in [6, 6.07) is 7.09. The summed E-state index contributed by atoms with van der Waals surface area (Å²) in [5, 5.41) is 11.6. The first kappa shape index (κ1) is 12.3. The molecule has 1 heterocycles. The van der Waals surface area contributed by atoms with Crippen LogP contribution in [0.4, 0.5) is 5.69 Å². The summed E-state index contributed by atoms with van der Waals surface area (Å²) in [5.41, 5.74) is 1.17. The normalized spacial score (nSPS) is 9.83. The molecule has 0 radical (unpaired) electrons. The Bertz CT molecular complexity index is 642. The first-order valence-electron chi connectivity index (χ1n) is 5.09. The first-order valence-corrected chi connectivity index (χ1v) is 5.88. The van der Waals surface area contributed by atoms with Crippen LogP contribution in [-0.2, 0) is 7.05 Å². The summed E-state index contributed by atoms with van der Waals surface area (Å²) in [4.78, 5) is 15.8. The molecule has 0 spiro atoms. The number of rotatable bonds is 2. The van der Waals surface area contributed by atoms with Crippen LogP contribution in [0.5, 0.6) is 0 Å². The van der Waals surface area contributed by atoms with Gasteiger partial charge in [-0.2, -0.15) is 5.26 Å². The highest BCUT2D eigenvalue weighted by atomic mass is 79.9. The van der Waals surface area contributed by atoms with E-state index in [0.29, 0.717) is 16.9 Å². The van der Waals surface area contributed by atoms with Crippen molar-refractivity contribution < 1.29 is 4.79 Å². The zero-order valence-electron chi connectivity index (χ0n) is 9.51. The standard InChI is InChI=1S/C12H9BrN4O/c1-17-6-11(15-7-17)12(18)16-10-4-9(13)3-2-8(10)5-14/h2-4,6-7H,1H3,(H,16,18). The van der Waals surface area contributed by atoms with Gasteiger partial charge in [0.05, 0.1) is 17.6 Å². The van der Waals surface area contributed by atoms with E-state index in [0.717, 1.165) is 4.47 Å². The van der Waals surface area contributed by atoms with Crippen LogP contribution in [0.15, 0.2) is 35.2 Å². The van der Waals surface area contributed by atoms with Gasteiger partial charge in [-0.25, -0.2) is 4.98 Å². The molecule has 1 amide bonds. The lowest BCUT2D eigenvalue weighted by Crippen LogP contribution is -2.13. The number of aryl methyl sites for hydroxylation is 1. The van der Waals surface area contributed by atoms with E-state index in [4.69, 9.17) is 5.26 Å². The lowest BCUT2D eigenvalue weighted by Gasteiger charge is -2.05. The zero-order valence-corrected chi connectivity index (χ0v) is 11.1. The van der Waals surface area contributed by atoms with Gasteiger partial charge in [0.15, 0.2) is 0 Å². The van der Waals surface area contributed by atoms with Crippen LogP contribution in [0, 0.1) is 11.3 Å². The van der Waals surface area contributed by atoms with Crippen molar-refractivity contribution in [3.8, 4) is 6.07 Å². The van der Waals surface area contributed by atoms with E-state index in [-0.39, 0.29) is 5.91 Å². The largest absolute Gasteiger partial charge is 0.340 e. The molecule has 1 aromatic carbocycles. The number of benzene rings is 1. The summed E-state index contributed by atoms with van der Waals surface area (Å²) in [5.74, 6) is -0.342. The minimum atomic E-state index is -0.342. The van der Waals surface area contributed by atoms with Gasteiger partial charge in [-0.15, -0.1) is 0 Å². The van der Waals surface area contributed by atoms with Crippen LogP contribution in [0.3, 0.4) is 0 Å². The zero-order chi connectivity index (χ0) is 13.1. The maximum atomic E-state index is 11.9. The molecule has 2 aromatic rings. The lowest BCUT2D eigenvalue weighted by molar-refractivity contribution is 0.102. The molecule has 0 aliphatic rings. The highest BCUT2D eigenvalue weighted by Crippen LogP contribution is 2.21. The van der Waals surface area contributed by atoms with Crippen LogP contribution >= 0.6 is 15.9 Å². The number of nitrogens with one attached hydrogen (secondary N) is 1. The van der Waals surface area contributed by atoms with Gasteiger partial charge in [-0.3, -0.25) is 4.79 Å². The number of amides is 1. The summed E-state index contributed by atoms with van der Waals surface area (Å²) in [7, 11) is 1.78. The molecule has 0 aliphatic heterocycles. The minimum absolute atomic E-state index is 0.307. The van der Waals surface area contributed by atoms with E-state index in [1.54, 1.807) is 42.3 Å². The Morgan fingerprint density at radius 2 is 2.33 bits per heavy atom. The van der Waals surface area contributed by atoms with Gasteiger partial charge in [0, 0.05) is 17.7 Å². The second kappa shape index (κ2) is 5.02. The van der Waals surface area contributed by atoms with Gasteiger partial charge in [0.1, 0.15) is 11.8 Å². The van der Waals surface area contributed by atoms with Gasteiger partial charge in [0.2, 0.25) is 0 Å². The Balaban J connectivity index is 2.27. The molecule has 0 unspecified atom stereocenters. The third-order valence-corrected chi connectivity index (χ3v) is 2.78. The van der Waals surface area contributed by atoms with Crippen LogP contribution in [0.2, 0.25) is 0 Å². The van der Waals surface area contributed by atoms with Crippen molar-refractivity contribution in [1.82, 2.24) is 9.55 Å². The van der Waals surface area contributed by atoms with Gasteiger partial charge >= 0.3 is 0 Å². The minimum Gasteiger partial charge on any atom is -0.340 e. The third-order valence-electron chi connectivity index (χ3n) is 2.29. The van der Waals surface area contributed by atoms with E-state index in [1.165, 1.54) is 0 Å². The lowest BCUT2D eigenvalue weighted by atomic mass is 10.2. The number of anilines is 1. The number of carbonyl (C=O) groups is 1. The fraction of sp³-hybridized carbons (Fsp3) is 0.0833. The fourth-order valence-corrected chi connectivity index (χ4v) is 1.79. The number of hydrogen-bond donors (Lipinski definition) is 1. The molecule has 0 saturated heterocycles. The summed E-state index contributed by atoms with van der Waals surface area (Å²) in [6.07, 6.45) is 3.15. The van der Waals surface area contributed by atoms with Gasteiger partial charge in [0.25, 0.3) is 5.91 Å². The summed E-state index contributed by atoms with van der Waals surface area (Å²) in [6.45, 7) is 0. The molecule has 0 atom stereocenters. The molecule has 1 aromatic heterocycles. The topological polar surface area (TPSA) is 70.7 Å². The Labute approximate surface area is 112 Å². The maximum absolute atomic E-state index is 11.9. The van der Waals surface area contributed by atoms with Crippen molar-refractivity contribution >= 4 is 27.5 Å². The number of halogens is 1. The number of carbonyl (C=O) groups excluding carboxylic acids is 1. The molecule has 0 aliphatic carbocycles. The van der Waals surface area contributed by atoms with Gasteiger partial charge in [-0.05, 0) is 18.2 Å². The highest BCUT2D eigenvalue weighted by Gasteiger charge is 2.11. The molecule has 5 nitrogen and oxygen atoms in total. The summed E-state index contributed by atoms with van der Waals surface area (Å²) >= 11 is 3.30. The Morgan fingerprint density at radius 3 is 2.94 bits per heavy atom. The molecule has 0 saturated carbocycles. The number of hydrogen-bond acceptors (Lipinski definition) is 3. The Kier molecular flexibility index (Phi) is 3.44. The van der Waals surface area contributed by atoms with Crippen molar-refractivity contribution in [3.05, 3.63) is 46.5 Å². The molecular formula is C12H9BrN4O. The Morgan fingerprint density at radius 1 is 1.56 bits per heavy atom. The van der Waals surface area contributed by atoms with Crippen LogP contribution in [-0.4, -0.2) is 15.5 Å². The molecule has 90 valence electrons. The van der Waals surface area contributed by atoms with Crippen LogP contribution in [0.1, 0.15) is 16.1 Å². The fourth-order valence-electron chi connectivity index (χ4n) is 1.43. The number of imidazole rings is 1.